The smallest absolute Gasteiger partial charge is 0.246 e. The Morgan fingerprint density at radius 3 is 2.87 bits per heavy atom. The first kappa shape index (κ1) is 10.5. The Balaban J connectivity index is 2.17. The van der Waals surface area contributed by atoms with Crippen molar-refractivity contribution in [3.63, 3.8) is 0 Å². The normalized spacial score (nSPS) is 28.3. The van der Waals surface area contributed by atoms with Gasteiger partial charge in [0, 0.05) is 12.6 Å². The van der Waals surface area contributed by atoms with Crippen molar-refractivity contribution in [3.05, 3.63) is 0 Å². The van der Waals surface area contributed by atoms with Crippen molar-refractivity contribution in [1.82, 2.24) is 9.80 Å². The summed E-state index contributed by atoms with van der Waals surface area (Å²) in [6.45, 7) is 5.10. The fourth-order valence-corrected chi connectivity index (χ4v) is 2.42. The highest BCUT2D eigenvalue weighted by Crippen LogP contribution is 2.25. The number of hydrogen-bond acceptors (Lipinski definition) is 2. The van der Waals surface area contributed by atoms with Crippen LogP contribution in [0.5, 0.6) is 0 Å². The largest absolute Gasteiger partial charge is 0.329 e. The Hall–Kier alpha value is -1.06. The molecule has 0 aliphatic carbocycles. The highest BCUT2D eigenvalue weighted by molar-refractivity contribution is 5.95. The fraction of sp³-hybridized carbons (Fsp3) is 0.818. The van der Waals surface area contributed by atoms with Crippen LogP contribution in [0.3, 0.4) is 0 Å². The molecule has 2 heterocycles. The van der Waals surface area contributed by atoms with Gasteiger partial charge in [0.1, 0.15) is 12.6 Å². The summed E-state index contributed by atoms with van der Waals surface area (Å²) in [5.74, 6) is 0.277. The summed E-state index contributed by atoms with van der Waals surface area (Å²) in [6, 6.07) is 0.0319. The van der Waals surface area contributed by atoms with Gasteiger partial charge in [-0.1, -0.05) is 6.92 Å². The maximum absolute atomic E-state index is 12.1. The number of carbonyl (C=O) groups is 2. The van der Waals surface area contributed by atoms with Gasteiger partial charge in [-0.2, -0.15) is 0 Å². The highest BCUT2D eigenvalue weighted by Gasteiger charge is 2.42. The molecule has 2 saturated heterocycles. The van der Waals surface area contributed by atoms with Crippen LogP contribution < -0.4 is 0 Å². The molecule has 2 aliphatic rings. The molecule has 2 atom stereocenters. The van der Waals surface area contributed by atoms with Gasteiger partial charge in [0.25, 0.3) is 0 Å². The number of fused-ring (bicyclic) bond motifs is 1. The third-order valence-corrected chi connectivity index (χ3v) is 3.57. The molecule has 2 unspecified atom stereocenters. The van der Waals surface area contributed by atoms with Crippen molar-refractivity contribution < 1.29 is 9.59 Å². The van der Waals surface area contributed by atoms with Crippen molar-refractivity contribution >= 4 is 11.8 Å². The van der Waals surface area contributed by atoms with Crippen LogP contribution in [0, 0.1) is 0 Å². The van der Waals surface area contributed by atoms with Gasteiger partial charge in [-0.3, -0.25) is 9.59 Å². The Bertz CT molecular complexity index is 290. The van der Waals surface area contributed by atoms with Crippen LogP contribution in [0.15, 0.2) is 0 Å². The standard InChI is InChI=1S/C11H18N2O2/c1-3-8(2)13-7-10(14)12-6-4-5-9(12)11(13)15/h8-9H,3-7H2,1-2H3. The lowest BCUT2D eigenvalue weighted by Crippen LogP contribution is -2.59. The van der Waals surface area contributed by atoms with Crippen LogP contribution in [0.4, 0.5) is 0 Å². The van der Waals surface area contributed by atoms with Gasteiger partial charge in [0.05, 0.1) is 0 Å². The van der Waals surface area contributed by atoms with Crippen molar-refractivity contribution in [2.24, 2.45) is 0 Å². The average Bonchev–Trinajstić information content (AvgIpc) is 2.71. The topological polar surface area (TPSA) is 40.6 Å². The molecule has 0 aromatic carbocycles. The second-order valence-electron chi connectivity index (χ2n) is 4.47. The SMILES string of the molecule is CCC(C)N1CC(=O)N2CCCC2C1=O. The quantitative estimate of drug-likeness (QED) is 0.670. The van der Waals surface area contributed by atoms with Crippen LogP contribution >= 0.6 is 0 Å². The van der Waals surface area contributed by atoms with Crippen molar-refractivity contribution in [3.8, 4) is 0 Å². The van der Waals surface area contributed by atoms with Crippen LogP contribution in [0.2, 0.25) is 0 Å². The molecular weight excluding hydrogens is 192 g/mol. The van der Waals surface area contributed by atoms with Crippen LogP contribution in [0.1, 0.15) is 33.1 Å². The van der Waals surface area contributed by atoms with E-state index in [1.807, 2.05) is 13.8 Å². The maximum atomic E-state index is 12.1. The molecule has 2 fully saturated rings. The average molecular weight is 210 g/mol. The summed E-state index contributed by atoms with van der Waals surface area (Å²) in [6.07, 6.45) is 2.72. The minimum atomic E-state index is -0.153. The minimum absolute atomic E-state index is 0.123. The molecule has 15 heavy (non-hydrogen) atoms. The lowest BCUT2D eigenvalue weighted by atomic mass is 10.1. The molecule has 0 aromatic rings. The number of rotatable bonds is 2. The van der Waals surface area contributed by atoms with Crippen LogP contribution in [-0.4, -0.2) is 46.8 Å². The van der Waals surface area contributed by atoms with E-state index in [0.717, 1.165) is 25.8 Å². The predicted octanol–water partition coefficient (Wildman–Crippen LogP) is 0.618. The number of piperazine rings is 1. The Morgan fingerprint density at radius 2 is 2.20 bits per heavy atom. The first-order valence-electron chi connectivity index (χ1n) is 5.75. The van der Waals surface area contributed by atoms with Gasteiger partial charge < -0.3 is 9.80 Å². The van der Waals surface area contributed by atoms with E-state index >= 15 is 0 Å². The second kappa shape index (κ2) is 3.83. The monoisotopic (exact) mass is 210 g/mol. The number of hydrogen-bond donors (Lipinski definition) is 0. The molecule has 0 aromatic heterocycles. The molecule has 4 heteroatoms. The van der Waals surface area contributed by atoms with E-state index in [0.29, 0.717) is 0 Å². The van der Waals surface area contributed by atoms with E-state index in [1.165, 1.54) is 0 Å². The Labute approximate surface area is 90.2 Å². The predicted molar refractivity (Wildman–Crippen MR) is 56.2 cm³/mol. The molecule has 2 amide bonds. The van der Waals surface area contributed by atoms with Gasteiger partial charge in [-0.15, -0.1) is 0 Å². The van der Waals surface area contributed by atoms with Gasteiger partial charge in [-0.05, 0) is 26.2 Å². The van der Waals surface area contributed by atoms with E-state index in [1.54, 1.807) is 9.80 Å². The zero-order valence-corrected chi connectivity index (χ0v) is 9.40. The zero-order valence-electron chi connectivity index (χ0n) is 9.40. The van der Waals surface area contributed by atoms with Gasteiger partial charge in [-0.25, -0.2) is 0 Å². The molecule has 0 saturated carbocycles. The number of amides is 2. The molecule has 0 bridgehead atoms. The molecule has 0 spiro atoms. The van der Waals surface area contributed by atoms with E-state index in [4.69, 9.17) is 0 Å². The summed E-state index contributed by atoms with van der Waals surface area (Å²) < 4.78 is 0. The third kappa shape index (κ3) is 1.62. The summed E-state index contributed by atoms with van der Waals surface area (Å²) >= 11 is 0. The minimum Gasteiger partial charge on any atom is -0.329 e. The fourth-order valence-electron chi connectivity index (χ4n) is 2.42. The van der Waals surface area contributed by atoms with Gasteiger partial charge in [0.2, 0.25) is 11.8 Å². The summed E-state index contributed by atoms with van der Waals surface area (Å²) in [5, 5.41) is 0. The summed E-state index contributed by atoms with van der Waals surface area (Å²) in [5.41, 5.74) is 0. The van der Waals surface area contributed by atoms with Crippen LogP contribution in [0.25, 0.3) is 0 Å². The number of carbonyl (C=O) groups excluding carboxylic acids is 2. The van der Waals surface area contributed by atoms with E-state index in [9.17, 15) is 9.59 Å². The molecule has 0 N–H and O–H groups in total. The molecule has 2 aliphatic heterocycles. The molecule has 4 nitrogen and oxygen atoms in total. The Kier molecular flexibility index (Phi) is 2.67. The molecular formula is C11H18N2O2. The molecule has 2 rings (SSSR count). The second-order valence-corrected chi connectivity index (χ2v) is 4.47. The maximum Gasteiger partial charge on any atom is 0.246 e. The summed E-state index contributed by atoms with van der Waals surface area (Å²) in [4.78, 5) is 27.4. The first-order valence-corrected chi connectivity index (χ1v) is 5.75. The zero-order chi connectivity index (χ0) is 11.0. The third-order valence-electron chi connectivity index (χ3n) is 3.57. The molecule has 84 valence electrons. The van der Waals surface area contributed by atoms with E-state index in [-0.39, 0.29) is 30.4 Å². The van der Waals surface area contributed by atoms with Crippen LogP contribution in [-0.2, 0) is 9.59 Å². The summed E-state index contributed by atoms with van der Waals surface area (Å²) in [7, 11) is 0. The van der Waals surface area contributed by atoms with E-state index in [2.05, 4.69) is 0 Å². The Morgan fingerprint density at radius 1 is 1.47 bits per heavy atom. The molecule has 0 radical (unpaired) electrons. The lowest BCUT2D eigenvalue weighted by Gasteiger charge is -2.39. The lowest BCUT2D eigenvalue weighted by molar-refractivity contribution is -0.155. The highest BCUT2D eigenvalue weighted by atomic mass is 16.2. The first-order chi connectivity index (χ1) is 7.15. The van der Waals surface area contributed by atoms with Gasteiger partial charge in [0.15, 0.2) is 0 Å². The number of nitrogens with zero attached hydrogens (tertiary/aromatic N) is 2. The van der Waals surface area contributed by atoms with Crippen molar-refractivity contribution in [1.29, 1.82) is 0 Å². The van der Waals surface area contributed by atoms with E-state index < -0.39 is 0 Å². The van der Waals surface area contributed by atoms with Gasteiger partial charge >= 0.3 is 0 Å². The van der Waals surface area contributed by atoms with Crippen molar-refractivity contribution in [2.75, 3.05) is 13.1 Å². The van der Waals surface area contributed by atoms with Crippen molar-refractivity contribution in [2.45, 2.75) is 45.2 Å².